The van der Waals surface area contributed by atoms with Crippen LogP contribution in [-0.2, 0) is 19.4 Å². The first-order chi connectivity index (χ1) is 14.2. The highest BCUT2D eigenvalue weighted by atomic mass is 32.1. The van der Waals surface area contributed by atoms with E-state index in [2.05, 4.69) is 65.4 Å². The van der Waals surface area contributed by atoms with Crippen molar-refractivity contribution >= 4 is 17.0 Å². The highest BCUT2D eigenvalue weighted by Gasteiger charge is 2.09. The number of hydrogen-bond donors (Lipinski definition) is 0. The third kappa shape index (κ3) is 4.72. The Balaban J connectivity index is 1.73. The van der Waals surface area contributed by atoms with Gasteiger partial charge >= 0.3 is 0 Å². The van der Waals surface area contributed by atoms with Crippen molar-refractivity contribution in [1.82, 2.24) is 4.57 Å². The summed E-state index contributed by atoms with van der Waals surface area (Å²) in [6.07, 6.45) is 1.93. The first kappa shape index (κ1) is 19.3. The fraction of sp³-hybridized carbons (Fsp3) is 0.160. The summed E-state index contributed by atoms with van der Waals surface area (Å²) in [5.41, 5.74) is 5.60. The number of benzene rings is 3. The summed E-state index contributed by atoms with van der Waals surface area (Å²) in [5.74, 6) is -0.222. The molecule has 1 heterocycles. The second kappa shape index (κ2) is 9.01. The van der Waals surface area contributed by atoms with E-state index < -0.39 is 0 Å². The average molecular weight is 403 g/mol. The lowest BCUT2D eigenvalue weighted by molar-refractivity contribution is 0.627. The molecule has 29 heavy (non-hydrogen) atoms. The van der Waals surface area contributed by atoms with Crippen LogP contribution in [0.4, 0.5) is 10.1 Å². The molecule has 4 aromatic rings. The van der Waals surface area contributed by atoms with E-state index >= 15 is 0 Å². The Labute approximate surface area is 174 Å². The second-order valence-corrected chi connectivity index (χ2v) is 7.77. The first-order valence-corrected chi connectivity index (χ1v) is 10.7. The standard InChI is InChI=1S/C25H23FN2S/c1-2-19-8-14-23(15-9-19)27-25-28(17-16-20-6-4-3-5-7-20)24(18-29-25)21-10-12-22(26)13-11-21/h3-15,18H,2,16-17H2,1H3. The number of rotatable bonds is 6. The van der Waals surface area contributed by atoms with Gasteiger partial charge in [-0.3, -0.25) is 0 Å². The van der Waals surface area contributed by atoms with E-state index in [-0.39, 0.29) is 5.82 Å². The molecule has 1 aromatic heterocycles. The zero-order chi connectivity index (χ0) is 20.1. The fourth-order valence-corrected chi connectivity index (χ4v) is 4.24. The monoisotopic (exact) mass is 402 g/mol. The maximum absolute atomic E-state index is 13.4. The van der Waals surface area contributed by atoms with Gasteiger partial charge in [-0.05, 0) is 65.9 Å². The zero-order valence-corrected chi connectivity index (χ0v) is 17.2. The summed E-state index contributed by atoms with van der Waals surface area (Å²) >= 11 is 1.62. The van der Waals surface area contributed by atoms with Gasteiger partial charge in [-0.15, -0.1) is 11.3 Å². The highest BCUT2D eigenvalue weighted by Crippen LogP contribution is 2.22. The molecule has 0 saturated heterocycles. The van der Waals surface area contributed by atoms with Gasteiger partial charge in [0.05, 0.1) is 11.4 Å². The molecule has 0 bridgehead atoms. The smallest absolute Gasteiger partial charge is 0.190 e. The molecule has 0 aliphatic rings. The third-order valence-corrected chi connectivity index (χ3v) is 5.84. The fourth-order valence-electron chi connectivity index (χ4n) is 3.29. The first-order valence-electron chi connectivity index (χ1n) is 9.85. The Bertz CT molecular complexity index is 1120. The van der Waals surface area contributed by atoms with Crippen molar-refractivity contribution < 1.29 is 4.39 Å². The molecule has 0 saturated carbocycles. The van der Waals surface area contributed by atoms with Gasteiger partial charge in [0, 0.05) is 11.9 Å². The Morgan fingerprint density at radius 1 is 0.862 bits per heavy atom. The molecule has 2 nitrogen and oxygen atoms in total. The Morgan fingerprint density at radius 3 is 2.28 bits per heavy atom. The molecule has 0 atom stereocenters. The molecule has 0 aliphatic heterocycles. The summed E-state index contributed by atoms with van der Waals surface area (Å²) in [4.78, 5) is 5.85. The summed E-state index contributed by atoms with van der Waals surface area (Å²) < 4.78 is 15.6. The third-order valence-electron chi connectivity index (χ3n) is 4.97. The SMILES string of the molecule is CCc1ccc(N=c2scc(-c3ccc(F)cc3)n2CCc2ccccc2)cc1. The highest BCUT2D eigenvalue weighted by molar-refractivity contribution is 7.07. The van der Waals surface area contributed by atoms with Gasteiger partial charge in [-0.25, -0.2) is 9.38 Å². The lowest BCUT2D eigenvalue weighted by Crippen LogP contribution is -2.17. The molecule has 146 valence electrons. The van der Waals surface area contributed by atoms with Crippen LogP contribution < -0.4 is 4.80 Å². The molecule has 4 rings (SSSR count). The summed E-state index contributed by atoms with van der Waals surface area (Å²) in [5, 5.41) is 2.11. The molecule has 0 spiro atoms. The largest absolute Gasteiger partial charge is 0.316 e. The minimum absolute atomic E-state index is 0.222. The number of thiazole rings is 1. The molecule has 0 unspecified atom stereocenters. The van der Waals surface area contributed by atoms with Crippen LogP contribution in [0.5, 0.6) is 0 Å². The van der Waals surface area contributed by atoms with E-state index in [0.717, 1.165) is 41.1 Å². The summed E-state index contributed by atoms with van der Waals surface area (Å²) in [6.45, 7) is 2.96. The van der Waals surface area contributed by atoms with Gasteiger partial charge in [-0.2, -0.15) is 0 Å². The van der Waals surface area contributed by atoms with Gasteiger partial charge in [0.1, 0.15) is 5.82 Å². The average Bonchev–Trinajstić information content (AvgIpc) is 3.16. The van der Waals surface area contributed by atoms with E-state index in [0.29, 0.717) is 0 Å². The van der Waals surface area contributed by atoms with Gasteiger partial charge < -0.3 is 4.57 Å². The maximum atomic E-state index is 13.4. The van der Waals surface area contributed by atoms with Crippen LogP contribution in [0.15, 0.2) is 89.2 Å². The van der Waals surface area contributed by atoms with E-state index in [1.165, 1.54) is 23.3 Å². The molecule has 0 fully saturated rings. The van der Waals surface area contributed by atoms with Gasteiger partial charge in [0.2, 0.25) is 0 Å². The second-order valence-electron chi connectivity index (χ2n) is 6.93. The van der Waals surface area contributed by atoms with Crippen molar-refractivity contribution in [3.05, 3.63) is 106 Å². The van der Waals surface area contributed by atoms with Gasteiger partial charge in [-0.1, -0.05) is 49.4 Å². The van der Waals surface area contributed by atoms with Crippen LogP contribution in [0, 0.1) is 5.82 Å². The molecular formula is C25H23FN2S. The normalized spacial score (nSPS) is 11.7. The lowest BCUT2D eigenvalue weighted by atomic mass is 10.1. The van der Waals surface area contributed by atoms with Crippen molar-refractivity contribution in [3.8, 4) is 11.3 Å². The number of aromatic nitrogens is 1. The van der Waals surface area contributed by atoms with Crippen LogP contribution in [0.25, 0.3) is 11.3 Å². The molecule has 0 aliphatic carbocycles. The predicted octanol–water partition coefficient (Wildman–Crippen LogP) is 6.39. The van der Waals surface area contributed by atoms with Crippen LogP contribution in [0.2, 0.25) is 0 Å². The number of aryl methyl sites for hydroxylation is 2. The van der Waals surface area contributed by atoms with E-state index in [9.17, 15) is 4.39 Å². The van der Waals surface area contributed by atoms with Crippen molar-refractivity contribution in [1.29, 1.82) is 0 Å². The minimum Gasteiger partial charge on any atom is -0.316 e. The van der Waals surface area contributed by atoms with E-state index in [1.54, 1.807) is 11.3 Å². The topological polar surface area (TPSA) is 17.3 Å². The van der Waals surface area contributed by atoms with E-state index in [1.807, 2.05) is 18.2 Å². The number of nitrogens with zero attached hydrogens (tertiary/aromatic N) is 2. The summed E-state index contributed by atoms with van der Waals surface area (Å²) in [7, 11) is 0. The van der Waals surface area contributed by atoms with Crippen LogP contribution in [0.3, 0.4) is 0 Å². The lowest BCUT2D eigenvalue weighted by Gasteiger charge is -2.10. The zero-order valence-electron chi connectivity index (χ0n) is 16.4. The maximum Gasteiger partial charge on any atom is 0.190 e. The molecule has 3 aromatic carbocycles. The van der Waals surface area contributed by atoms with Gasteiger partial charge in [0.25, 0.3) is 0 Å². The van der Waals surface area contributed by atoms with Crippen molar-refractivity contribution in [2.45, 2.75) is 26.3 Å². The van der Waals surface area contributed by atoms with E-state index in [4.69, 9.17) is 4.99 Å². The Kier molecular flexibility index (Phi) is 6.01. The van der Waals surface area contributed by atoms with Crippen LogP contribution in [0.1, 0.15) is 18.1 Å². The quantitative estimate of drug-likeness (QED) is 0.355. The van der Waals surface area contributed by atoms with Crippen molar-refractivity contribution in [2.24, 2.45) is 4.99 Å². The van der Waals surface area contributed by atoms with Crippen LogP contribution in [-0.4, -0.2) is 4.57 Å². The summed E-state index contributed by atoms with van der Waals surface area (Å²) in [6, 6.07) is 25.5. The molecular weight excluding hydrogens is 379 g/mol. The van der Waals surface area contributed by atoms with Crippen LogP contribution >= 0.6 is 11.3 Å². The number of halogens is 1. The molecule has 0 amide bonds. The minimum atomic E-state index is -0.222. The van der Waals surface area contributed by atoms with Gasteiger partial charge in [0.15, 0.2) is 4.80 Å². The Morgan fingerprint density at radius 2 is 1.59 bits per heavy atom. The van der Waals surface area contributed by atoms with Crippen molar-refractivity contribution in [3.63, 3.8) is 0 Å². The number of hydrogen-bond acceptors (Lipinski definition) is 2. The predicted molar refractivity (Wildman–Crippen MR) is 119 cm³/mol. The Hall–Kier alpha value is -2.98. The molecule has 4 heteroatoms. The molecule has 0 radical (unpaired) electrons. The molecule has 0 N–H and O–H groups in total. The van der Waals surface area contributed by atoms with Crippen molar-refractivity contribution in [2.75, 3.05) is 0 Å².